The van der Waals surface area contributed by atoms with E-state index >= 15 is 0 Å². The molecule has 0 radical (unpaired) electrons. The Morgan fingerprint density at radius 2 is 1.56 bits per heavy atom. The minimum atomic E-state index is -0.351. The first-order valence-corrected chi connectivity index (χ1v) is 13.6. The maximum atomic E-state index is 12.3. The van der Waals surface area contributed by atoms with Crippen LogP contribution in [0.15, 0.2) is 108 Å². The highest BCUT2D eigenvalue weighted by molar-refractivity contribution is 6.47. The van der Waals surface area contributed by atoms with Crippen LogP contribution in [0.4, 0.5) is 22.7 Å². The number of anilines is 3. The summed E-state index contributed by atoms with van der Waals surface area (Å²) in [5, 5.41) is 10.1. The van der Waals surface area contributed by atoms with E-state index in [0.29, 0.717) is 17.2 Å². The zero-order valence-electron chi connectivity index (χ0n) is 23.1. The molecule has 11 heteroatoms. The van der Waals surface area contributed by atoms with E-state index in [-0.39, 0.29) is 11.6 Å². The Kier molecular flexibility index (Phi) is 8.85. The first-order chi connectivity index (χ1) is 20.0. The molecule has 0 amide bonds. The third-order valence-corrected chi connectivity index (χ3v) is 6.49. The van der Waals surface area contributed by atoms with Gasteiger partial charge in [-0.3, -0.25) is 4.79 Å². The molecule has 1 aliphatic heterocycles. The van der Waals surface area contributed by atoms with Crippen molar-refractivity contribution in [1.29, 1.82) is 0 Å². The van der Waals surface area contributed by atoms with E-state index in [4.69, 9.17) is 5.73 Å². The normalized spacial score (nSPS) is 14.1. The number of nitrogens with zero attached hydrogens (tertiary/aromatic N) is 6. The molecule has 0 spiro atoms. The summed E-state index contributed by atoms with van der Waals surface area (Å²) in [4.78, 5) is 25.3. The molecule has 2 aromatic carbocycles. The molecular weight excluding hydrogens is 516 g/mol. The summed E-state index contributed by atoms with van der Waals surface area (Å²) in [5.41, 5.74) is 9.88. The predicted octanol–water partition coefficient (Wildman–Crippen LogP) is 3.48. The quantitative estimate of drug-likeness (QED) is 0.149. The van der Waals surface area contributed by atoms with Crippen molar-refractivity contribution in [2.75, 3.05) is 29.0 Å². The van der Waals surface area contributed by atoms with Gasteiger partial charge < -0.3 is 26.3 Å². The molecule has 11 nitrogen and oxygen atoms in total. The van der Waals surface area contributed by atoms with E-state index in [1.807, 2.05) is 78.9 Å². The lowest BCUT2D eigenvalue weighted by Gasteiger charge is -2.15. The van der Waals surface area contributed by atoms with Crippen molar-refractivity contribution in [2.24, 2.45) is 22.8 Å². The second kappa shape index (κ2) is 13.2. The van der Waals surface area contributed by atoms with Gasteiger partial charge in [0.2, 0.25) is 12.1 Å². The summed E-state index contributed by atoms with van der Waals surface area (Å²) in [6, 6.07) is 15.6. The average Bonchev–Trinajstić information content (AvgIpc) is 3.65. The number of hydrogen-bond acceptors (Lipinski definition) is 7. The SMILES string of the molecule is C[n+]1ccn(CCCNc2ccc(NC3=CC(=O)C(N)=N/C3=N\c3ccc(NCCCn4ccnc4)cc3)cc2)c1. The minimum absolute atomic E-state index is 0.0845. The molecule has 41 heavy (non-hydrogen) atoms. The first kappa shape index (κ1) is 27.4. The highest BCUT2D eigenvalue weighted by Gasteiger charge is 2.19. The van der Waals surface area contributed by atoms with Gasteiger partial charge in [-0.15, -0.1) is 0 Å². The number of amidine groups is 2. The van der Waals surface area contributed by atoms with Crippen LogP contribution in [0.25, 0.3) is 0 Å². The van der Waals surface area contributed by atoms with Crippen LogP contribution in [0, 0.1) is 0 Å². The molecule has 0 saturated carbocycles. The van der Waals surface area contributed by atoms with Gasteiger partial charge in [0.25, 0.3) is 0 Å². The lowest BCUT2D eigenvalue weighted by Crippen LogP contribution is -2.30. The molecule has 1 aliphatic rings. The van der Waals surface area contributed by atoms with Gasteiger partial charge in [-0.1, -0.05) is 0 Å². The van der Waals surface area contributed by atoms with Gasteiger partial charge in [-0.05, 0) is 55.0 Å². The molecule has 0 saturated heterocycles. The third kappa shape index (κ3) is 7.91. The fourth-order valence-electron chi connectivity index (χ4n) is 4.32. The van der Waals surface area contributed by atoms with Crippen molar-refractivity contribution < 1.29 is 9.36 Å². The molecule has 5 rings (SSSR count). The van der Waals surface area contributed by atoms with Crippen LogP contribution in [0.2, 0.25) is 0 Å². The Balaban J connectivity index is 1.15. The fraction of sp³-hybridized carbons (Fsp3) is 0.233. The number of nitrogens with two attached hydrogens (primary N) is 1. The summed E-state index contributed by atoms with van der Waals surface area (Å²) in [5.74, 6) is -0.0845. The van der Waals surface area contributed by atoms with E-state index in [1.54, 1.807) is 6.20 Å². The van der Waals surface area contributed by atoms with Crippen molar-refractivity contribution in [2.45, 2.75) is 25.9 Å². The zero-order chi connectivity index (χ0) is 28.4. The maximum Gasteiger partial charge on any atom is 0.243 e. The van der Waals surface area contributed by atoms with Gasteiger partial charge in [0.1, 0.15) is 12.4 Å². The number of benzene rings is 2. The maximum absolute atomic E-state index is 12.3. The molecule has 210 valence electrons. The number of carbonyl (C=O) groups is 1. The topological polar surface area (TPSA) is 131 Å². The van der Waals surface area contributed by atoms with Crippen molar-refractivity contribution in [1.82, 2.24) is 14.1 Å². The molecule has 2 aromatic heterocycles. The number of rotatable bonds is 13. The molecule has 3 heterocycles. The smallest absolute Gasteiger partial charge is 0.243 e. The molecular formula is C30H35N10O+. The summed E-state index contributed by atoms with van der Waals surface area (Å²) in [7, 11) is 2.02. The van der Waals surface area contributed by atoms with E-state index < -0.39 is 0 Å². The summed E-state index contributed by atoms with van der Waals surface area (Å²) in [6.07, 6.45) is 15.2. The molecule has 0 bridgehead atoms. The van der Waals surface area contributed by atoms with Crippen molar-refractivity contribution >= 4 is 40.2 Å². The number of imidazole rings is 2. The molecule has 0 aliphatic carbocycles. The summed E-state index contributed by atoms with van der Waals surface area (Å²) in [6.45, 7) is 3.56. The van der Waals surface area contributed by atoms with Gasteiger partial charge in [0, 0.05) is 61.6 Å². The minimum Gasteiger partial charge on any atom is -0.385 e. The Bertz CT molecular complexity index is 1530. The Labute approximate surface area is 239 Å². The third-order valence-electron chi connectivity index (χ3n) is 6.49. The highest BCUT2D eigenvalue weighted by atomic mass is 16.1. The zero-order valence-corrected chi connectivity index (χ0v) is 23.1. The monoisotopic (exact) mass is 551 g/mol. The lowest BCUT2D eigenvalue weighted by atomic mass is 10.2. The molecule has 5 N–H and O–H groups in total. The second-order valence-corrected chi connectivity index (χ2v) is 9.78. The van der Waals surface area contributed by atoms with Gasteiger partial charge >= 0.3 is 0 Å². The molecule has 0 atom stereocenters. The van der Waals surface area contributed by atoms with Crippen molar-refractivity contribution in [3.05, 3.63) is 97.7 Å². The Morgan fingerprint density at radius 1 is 0.902 bits per heavy atom. The number of dihydropyridines is 1. The van der Waals surface area contributed by atoms with Crippen molar-refractivity contribution in [3.8, 4) is 0 Å². The number of hydrogen-bond donors (Lipinski definition) is 4. The number of aliphatic imine (C=N–C) groups is 2. The number of nitrogens with one attached hydrogen (secondary N) is 3. The molecule has 4 aromatic rings. The first-order valence-electron chi connectivity index (χ1n) is 13.6. The average molecular weight is 552 g/mol. The predicted molar refractivity (Wildman–Crippen MR) is 162 cm³/mol. The van der Waals surface area contributed by atoms with Gasteiger partial charge in [-0.25, -0.2) is 24.1 Å². The van der Waals surface area contributed by atoms with E-state index in [2.05, 4.69) is 52.6 Å². The molecule has 0 unspecified atom stereocenters. The van der Waals surface area contributed by atoms with Crippen LogP contribution in [-0.4, -0.2) is 44.7 Å². The van der Waals surface area contributed by atoms with Crippen molar-refractivity contribution in [3.63, 3.8) is 0 Å². The summed E-state index contributed by atoms with van der Waals surface area (Å²) >= 11 is 0. The van der Waals surface area contributed by atoms with Gasteiger partial charge in [0.05, 0.1) is 31.3 Å². The van der Waals surface area contributed by atoms with E-state index in [9.17, 15) is 4.79 Å². The Morgan fingerprint density at radius 3 is 2.20 bits per heavy atom. The summed E-state index contributed by atoms with van der Waals surface area (Å²) < 4.78 is 6.25. The van der Waals surface area contributed by atoms with Crippen LogP contribution in [0.1, 0.15) is 12.8 Å². The van der Waals surface area contributed by atoms with Gasteiger partial charge in [0.15, 0.2) is 11.7 Å². The fourth-order valence-corrected chi connectivity index (χ4v) is 4.32. The number of ketones is 1. The van der Waals surface area contributed by atoms with Crippen LogP contribution < -0.4 is 26.3 Å². The van der Waals surface area contributed by atoms with Crippen LogP contribution >= 0.6 is 0 Å². The number of aromatic nitrogens is 4. The lowest BCUT2D eigenvalue weighted by molar-refractivity contribution is -0.671. The largest absolute Gasteiger partial charge is 0.385 e. The van der Waals surface area contributed by atoms with Crippen LogP contribution in [0.3, 0.4) is 0 Å². The number of carbonyl (C=O) groups excluding carboxylic acids is 1. The standard InChI is InChI=1S/C30H34N10O/c1-38-18-19-40(22-38)16-3-13-34-23-4-8-25(9-5-23)35-27-20-28(41)29(31)37-30(27)36-26-10-6-24(7-11-26)33-12-2-15-39-17-14-32-21-39/h4-11,14,17-22H,2-3,12-13,15-16H2,1H3,(H4-,31,33,34,35,36,37,41)/p+1. The van der Waals surface area contributed by atoms with Crippen LogP contribution in [-0.2, 0) is 24.9 Å². The van der Waals surface area contributed by atoms with Crippen LogP contribution in [0.5, 0.6) is 0 Å². The Hall–Kier alpha value is -5.19. The highest BCUT2D eigenvalue weighted by Crippen LogP contribution is 2.21. The van der Waals surface area contributed by atoms with E-state index in [0.717, 1.165) is 56.1 Å². The number of aryl methyl sites for hydroxylation is 3. The molecule has 0 fully saturated rings. The second-order valence-electron chi connectivity index (χ2n) is 9.78. The van der Waals surface area contributed by atoms with E-state index in [1.165, 1.54) is 6.08 Å². The van der Waals surface area contributed by atoms with Gasteiger partial charge in [-0.2, -0.15) is 0 Å².